The van der Waals surface area contributed by atoms with Crippen LogP contribution in [-0.4, -0.2) is 23.7 Å². The van der Waals surface area contributed by atoms with Crippen molar-refractivity contribution < 1.29 is 4.52 Å². The maximum absolute atomic E-state index is 5.98. The molecule has 0 aliphatic carbocycles. The second-order valence-electron chi connectivity index (χ2n) is 3.68. The summed E-state index contributed by atoms with van der Waals surface area (Å²) in [5, 5.41) is 3.86. The highest BCUT2D eigenvalue weighted by Gasteiger charge is 2.26. The molecule has 1 rings (SSSR count). The van der Waals surface area contributed by atoms with Gasteiger partial charge in [-0.15, -0.1) is 0 Å². The number of nitrogens with zero attached hydrogens (tertiary/aromatic N) is 3. The van der Waals surface area contributed by atoms with Gasteiger partial charge in [0.2, 0.25) is 5.89 Å². The Kier molecular flexibility index (Phi) is 3.10. The molecule has 0 saturated carbocycles. The highest BCUT2D eigenvalue weighted by atomic mass is 16.5. The van der Waals surface area contributed by atoms with Crippen LogP contribution < -0.4 is 10.6 Å². The van der Waals surface area contributed by atoms with Crippen LogP contribution in [0.1, 0.15) is 33.1 Å². The summed E-state index contributed by atoms with van der Waals surface area (Å²) in [6.45, 7) is 6.74. The number of hydrogen-bond donors (Lipinski definition) is 1. The van der Waals surface area contributed by atoms with Crippen LogP contribution in [0.15, 0.2) is 4.52 Å². The third-order valence-electron chi connectivity index (χ3n) is 2.45. The Morgan fingerprint density at radius 1 is 1.50 bits per heavy atom. The average molecular weight is 198 g/mol. The second kappa shape index (κ2) is 3.96. The van der Waals surface area contributed by atoms with Crippen LogP contribution in [-0.2, 0) is 5.54 Å². The van der Waals surface area contributed by atoms with Gasteiger partial charge < -0.3 is 15.2 Å². The monoisotopic (exact) mass is 198 g/mol. The standard InChI is InChI=1S/C9H18N4O/c1-5-9(3,10)7-11-8(12-14-7)13(4)6-2/h5-6,10H2,1-4H3. The quantitative estimate of drug-likeness (QED) is 0.784. The number of hydrogen-bond acceptors (Lipinski definition) is 5. The maximum Gasteiger partial charge on any atom is 0.265 e. The first-order chi connectivity index (χ1) is 6.51. The molecule has 0 aliphatic rings. The Morgan fingerprint density at radius 3 is 2.64 bits per heavy atom. The summed E-state index contributed by atoms with van der Waals surface area (Å²) in [6.07, 6.45) is 0.768. The minimum Gasteiger partial charge on any atom is -0.342 e. The Labute approximate surface area is 84.3 Å². The van der Waals surface area contributed by atoms with Gasteiger partial charge in [0.05, 0.1) is 5.54 Å². The molecule has 2 N–H and O–H groups in total. The van der Waals surface area contributed by atoms with Gasteiger partial charge in [-0.1, -0.05) is 6.92 Å². The van der Waals surface area contributed by atoms with E-state index >= 15 is 0 Å². The van der Waals surface area contributed by atoms with Crippen molar-refractivity contribution in [3.8, 4) is 0 Å². The molecule has 0 radical (unpaired) electrons. The topological polar surface area (TPSA) is 68.2 Å². The van der Waals surface area contributed by atoms with Gasteiger partial charge in [-0.25, -0.2) is 0 Å². The van der Waals surface area contributed by atoms with E-state index in [0.717, 1.165) is 13.0 Å². The number of nitrogens with two attached hydrogens (primary N) is 1. The lowest BCUT2D eigenvalue weighted by atomic mass is 10.0. The van der Waals surface area contributed by atoms with Crippen molar-refractivity contribution in [2.75, 3.05) is 18.5 Å². The lowest BCUT2D eigenvalue weighted by Gasteiger charge is -2.16. The van der Waals surface area contributed by atoms with Crippen LogP contribution in [0.25, 0.3) is 0 Å². The fourth-order valence-corrected chi connectivity index (χ4v) is 0.895. The smallest absolute Gasteiger partial charge is 0.265 e. The lowest BCUT2D eigenvalue weighted by molar-refractivity contribution is 0.291. The Morgan fingerprint density at radius 2 is 2.14 bits per heavy atom. The van der Waals surface area contributed by atoms with E-state index in [1.807, 2.05) is 32.7 Å². The van der Waals surface area contributed by atoms with Crippen LogP contribution in [0.4, 0.5) is 5.95 Å². The Bertz CT molecular complexity index is 295. The molecule has 1 aromatic heterocycles. The minimum absolute atomic E-state index is 0.496. The normalized spacial score (nSPS) is 15.2. The Balaban J connectivity index is 2.88. The van der Waals surface area contributed by atoms with Gasteiger partial charge in [-0.05, 0) is 25.4 Å². The van der Waals surface area contributed by atoms with Crippen molar-refractivity contribution in [3.05, 3.63) is 5.89 Å². The molecule has 0 aromatic carbocycles. The van der Waals surface area contributed by atoms with E-state index in [0.29, 0.717) is 11.8 Å². The lowest BCUT2D eigenvalue weighted by Crippen LogP contribution is -2.32. The zero-order valence-electron chi connectivity index (χ0n) is 9.24. The molecule has 14 heavy (non-hydrogen) atoms. The van der Waals surface area contributed by atoms with Crippen LogP contribution in [0, 0.1) is 0 Å². The van der Waals surface area contributed by atoms with Crippen LogP contribution in [0.3, 0.4) is 0 Å². The molecule has 0 saturated heterocycles. The summed E-state index contributed by atoms with van der Waals surface area (Å²) < 4.78 is 5.12. The number of rotatable bonds is 4. The highest BCUT2D eigenvalue weighted by molar-refractivity contribution is 5.26. The van der Waals surface area contributed by atoms with Crippen molar-refractivity contribution >= 4 is 5.95 Å². The summed E-state index contributed by atoms with van der Waals surface area (Å²) in [6, 6.07) is 0. The minimum atomic E-state index is -0.528. The fourth-order valence-electron chi connectivity index (χ4n) is 0.895. The largest absolute Gasteiger partial charge is 0.342 e. The molecule has 0 amide bonds. The van der Waals surface area contributed by atoms with E-state index < -0.39 is 5.54 Å². The van der Waals surface area contributed by atoms with E-state index in [1.165, 1.54) is 0 Å². The predicted octanol–water partition coefficient (Wildman–Crippen LogP) is 1.11. The SMILES string of the molecule is CCN(C)c1noc(C(C)(N)CC)n1. The van der Waals surface area contributed by atoms with Gasteiger partial charge in [0.15, 0.2) is 0 Å². The van der Waals surface area contributed by atoms with E-state index in [1.54, 1.807) is 0 Å². The van der Waals surface area contributed by atoms with E-state index in [4.69, 9.17) is 10.3 Å². The van der Waals surface area contributed by atoms with Gasteiger partial charge in [-0.2, -0.15) is 4.98 Å². The third-order valence-corrected chi connectivity index (χ3v) is 2.45. The summed E-state index contributed by atoms with van der Waals surface area (Å²) in [7, 11) is 1.91. The van der Waals surface area contributed by atoms with Crippen molar-refractivity contribution in [2.24, 2.45) is 5.73 Å². The van der Waals surface area contributed by atoms with Crippen molar-refractivity contribution in [3.63, 3.8) is 0 Å². The molecule has 0 spiro atoms. The molecule has 80 valence electrons. The molecule has 5 nitrogen and oxygen atoms in total. The molecule has 1 aromatic rings. The second-order valence-corrected chi connectivity index (χ2v) is 3.68. The summed E-state index contributed by atoms with van der Waals surface area (Å²) in [5.41, 5.74) is 5.45. The first-order valence-corrected chi connectivity index (χ1v) is 4.85. The first-order valence-electron chi connectivity index (χ1n) is 4.85. The summed E-state index contributed by atoms with van der Waals surface area (Å²) in [4.78, 5) is 6.15. The average Bonchev–Trinajstić information content (AvgIpc) is 2.66. The van der Waals surface area contributed by atoms with Gasteiger partial charge in [0, 0.05) is 13.6 Å². The van der Waals surface area contributed by atoms with Crippen molar-refractivity contribution in [1.82, 2.24) is 10.1 Å². The zero-order valence-corrected chi connectivity index (χ0v) is 9.24. The molecular formula is C9H18N4O. The predicted molar refractivity (Wildman–Crippen MR) is 55.1 cm³/mol. The van der Waals surface area contributed by atoms with Crippen LogP contribution in [0.5, 0.6) is 0 Å². The van der Waals surface area contributed by atoms with Gasteiger partial charge in [0.1, 0.15) is 0 Å². The van der Waals surface area contributed by atoms with Crippen LogP contribution >= 0.6 is 0 Å². The molecule has 0 fully saturated rings. The van der Waals surface area contributed by atoms with E-state index in [9.17, 15) is 0 Å². The summed E-state index contributed by atoms with van der Waals surface area (Å²) >= 11 is 0. The highest BCUT2D eigenvalue weighted by Crippen LogP contribution is 2.20. The zero-order chi connectivity index (χ0) is 10.8. The molecule has 1 atom stereocenters. The molecule has 5 heteroatoms. The third kappa shape index (κ3) is 2.04. The Hall–Kier alpha value is -1.10. The van der Waals surface area contributed by atoms with Crippen molar-refractivity contribution in [1.29, 1.82) is 0 Å². The molecular weight excluding hydrogens is 180 g/mol. The molecule has 1 heterocycles. The maximum atomic E-state index is 5.98. The number of anilines is 1. The van der Waals surface area contributed by atoms with E-state index in [2.05, 4.69) is 10.1 Å². The van der Waals surface area contributed by atoms with Gasteiger partial charge in [0.25, 0.3) is 5.95 Å². The molecule has 0 aliphatic heterocycles. The van der Waals surface area contributed by atoms with E-state index in [-0.39, 0.29) is 0 Å². The van der Waals surface area contributed by atoms with Crippen molar-refractivity contribution in [2.45, 2.75) is 32.7 Å². The first kappa shape index (κ1) is 11.0. The fraction of sp³-hybridized carbons (Fsp3) is 0.778. The number of aromatic nitrogens is 2. The summed E-state index contributed by atoms with van der Waals surface area (Å²) in [5.74, 6) is 1.09. The molecule has 0 bridgehead atoms. The van der Waals surface area contributed by atoms with Crippen LogP contribution in [0.2, 0.25) is 0 Å². The van der Waals surface area contributed by atoms with Gasteiger partial charge >= 0.3 is 0 Å². The van der Waals surface area contributed by atoms with Gasteiger partial charge in [-0.3, -0.25) is 0 Å². The molecule has 1 unspecified atom stereocenters.